The molecule has 0 aromatic heterocycles. The fourth-order valence-corrected chi connectivity index (χ4v) is 1.89. The summed E-state index contributed by atoms with van der Waals surface area (Å²) in [5.41, 5.74) is 0.990. The summed E-state index contributed by atoms with van der Waals surface area (Å²) in [6, 6.07) is 6.56. The van der Waals surface area contributed by atoms with Gasteiger partial charge in [-0.05, 0) is 30.9 Å². The van der Waals surface area contributed by atoms with E-state index in [0.717, 1.165) is 12.8 Å². The molecule has 1 aromatic carbocycles. The summed E-state index contributed by atoms with van der Waals surface area (Å²) < 4.78 is 4.92. The third-order valence-corrected chi connectivity index (χ3v) is 2.99. The molecule has 6 heteroatoms. The summed E-state index contributed by atoms with van der Waals surface area (Å²) in [6.45, 7) is 1.68. The zero-order valence-corrected chi connectivity index (χ0v) is 12.2. The van der Waals surface area contributed by atoms with E-state index in [1.807, 2.05) is 0 Å². The number of carboxylic acids is 1. The zero-order valence-electron chi connectivity index (χ0n) is 12.2. The van der Waals surface area contributed by atoms with Crippen LogP contribution in [0, 0.1) is 0 Å². The number of aromatic carboxylic acids is 1. The Hall–Kier alpha value is -2.08. The van der Waals surface area contributed by atoms with Gasteiger partial charge in [-0.2, -0.15) is 0 Å². The van der Waals surface area contributed by atoms with Crippen molar-refractivity contribution < 1.29 is 19.4 Å². The van der Waals surface area contributed by atoms with Crippen LogP contribution in [-0.2, 0) is 11.2 Å². The Labute approximate surface area is 124 Å². The van der Waals surface area contributed by atoms with E-state index in [1.165, 1.54) is 0 Å². The number of methoxy groups -OCH3 is 1. The lowest BCUT2D eigenvalue weighted by Crippen LogP contribution is -2.37. The van der Waals surface area contributed by atoms with Gasteiger partial charge in [-0.1, -0.05) is 18.2 Å². The van der Waals surface area contributed by atoms with Crippen LogP contribution in [0.5, 0.6) is 0 Å². The number of rotatable bonds is 9. The molecule has 21 heavy (non-hydrogen) atoms. The highest BCUT2D eigenvalue weighted by atomic mass is 16.5. The Bertz CT molecular complexity index is 463. The lowest BCUT2D eigenvalue weighted by molar-refractivity contribution is 0.0695. The minimum Gasteiger partial charge on any atom is -0.478 e. The van der Waals surface area contributed by atoms with E-state index in [1.54, 1.807) is 31.4 Å². The molecule has 0 aliphatic rings. The molecule has 0 aliphatic carbocycles. The highest BCUT2D eigenvalue weighted by molar-refractivity contribution is 5.89. The number of ether oxygens (including phenoxy) is 1. The molecular weight excluding hydrogens is 272 g/mol. The van der Waals surface area contributed by atoms with E-state index in [-0.39, 0.29) is 11.6 Å². The highest BCUT2D eigenvalue weighted by Gasteiger charge is 2.08. The van der Waals surface area contributed by atoms with Crippen LogP contribution in [0.3, 0.4) is 0 Å². The van der Waals surface area contributed by atoms with Gasteiger partial charge in [0.1, 0.15) is 0 Å². The molecule has 2 amide bonds. The van der Waals surface area contributed by atoms with E-state index in [0.29, 0.717) is 31.7 Å². The molecule has 6 nitrogen and oxygen atoms in total. The van der Waals surface area contributed by atoms with Crippen molar-refractivity contribution in [3.8, 4) is 0 Å². The molecule has 0 heterocycles. The molecule has 0 saturated heterocycles. The molecule has 0 radical (unpaired) electrons. The molecule has 0 bridgehead atoms. The number of carbonyl (C=O) groups is 2. The topological polar surface area (TPSA) is 87.7 Å². The Morgan fingerprint density at radius 3 is 2.57 bits per heavy atom. The van der Waals surface area contributed by atoms with Crippen LogP contribution >= 0.6 is 0 Å². The first-order chi connectivity index (χ1) is 10.1. The molecular formula is C15H22N2O4. The van der Waals surface area contributed by atoms with Crippen molar-refractivity contribution in [2.24, 2.45) is 0 Å². The molecule has 0 saturated carbocycles. The average molecular weight is 294 g/mol. The van der Waals surface area contributed by atoms with E-state index in [9.17, 15) is 9.59 Å². The van der Waals surface area contributed by atoms with Gasteiger partial charge in [-0.25, -0.2) is 9.59 Å². The molecule has 1 rings (SSSR count). The van der Waals surface area contributed by atoms with Gasteiger partial charge in [-0.15, -0.1) is 0 Å². The molecule has 0 atom stereocenters. The van der Waals surface area contributed by atoms with Crippen molar-refractivity contribution in [2.75, 3.05) is 26.8 Å². The molecule has 116 valence electrons. The van der Waals surface area contributed by atoms with Crippen molar-refractivity contribution in [1.82, 2.24) is 10.6 Å². The van der Waals surface area contributed by atoms with Gasteiger partial charge < -0.3 is 20.5 Å². The van der Waals surface area contributed by atoms with Crippen molar-refractivity contribution >= 4 is 12.0 Å². The van der Waals surface area contributed by atoms with Crippen LogP contribution in [0.25, 0.3) is 0 Å². The standard InChI is InChI=1S/C15H22N2O4/c1-21-11-5-4-9-16-15(20)17-10-8-12-6-2-3-7-13(12)14(18)19/h2-3,6-7H,4-5,8-11H2,1H3,(H,18,19)(H2,16,17,20). The SMILES string of the molecule is COCCCCNC(=O)NCCc1ccccc1C(=O)O. The smallest absolute Gasteiger partial charge is 0.335 e. The number of hydrogen-bond donors (Lipinski definition) is 3. The summed E-state index contributed by atoms with van der Waals surface area (Å²) in [6.07, 6.45) is 2.26. The lowest BCUT2D eigenvalue weighted by Gasteiger charge is -2.09. The van der Waals surface area contributed by atoms with Crippen LogP contribution in [0.4, 0.5) is 4.79 Å². The van der Waals surface area contributed by atoms with Gasteiger partial charge >= 0.3 is 12.0 Å². The second kappa shape index (κ2) is 9.77. The molecule has 0 spiro atoms. The molecule has 0 fully saturated rings. The summed E-state index contributed by atoms with van der Waals surface area (Å²) in [5, 5.41) is 14.5. The largest absolute Gasteiger partial charge is 0.478 e. The number of benzene rings is 1. The average Bonchev–Trinajstić information content (AvgIpc) is 2.47. The van der Waals surface area contributed by atoms with Gasteiger partial charge in [0.2, 0.25) is 0 Å². The number of urea groups is 1. The van der Waals surface area contributed by atoms with Gasteiger partial charge in [-0.3, -0.25) is 0 Å². The monoisotopic (exact) mass is 294 g/mol. The first kappa shape index (κ1) is 17.0. The van der Waals surface area contributed by atoms with E-state index >= 15 is 0 Å². The predicted molar refractivity (Wildman–Crippen MR) is 79.6 cm³/mol. The van der Waals surface area contributed by atoms with Gasteiger partial charge in [0.15, 0.2) is 0 Å². The Morgan fingerprint density at radius 2 is 1.86 bits per heavy atom. The van der Waals surface area contributed by atoms with Crippen LogP contribution in [-0.4, -0.2) is 43.9 Å². The maximum Gasteiger partial charge on any atom is 0.335 e. The maximum atomic E-state index is 11.5. The van der Waals surface area contributed by atoms with Gasteiger partial charge in [0.05, 0.1) is 5.56 Å². The van der Waals surface area contributed by atoms with Crippen molar-refractivity contribution in [1.29, 1.82) is 0 Å². The number of hydrogen-bond acceptors (Lipinski definition) is 3. The van der Waals surface area contributed by atoms with Crippen LogP contribution in [0.15, 0.2) is 24.3 Å². The fourth-order valence-electron chi connectivity index (χ4n) is 1.89. The summed E-state index contributed by atoms with van der Waals surface area (Å²) in [7, 11) is 1.65. The number of amides is 2. The van der Waals surface area contributed by atoms with Gasteiger partial charge in [0, 0.05) is 26.8 Å². The Morgan fingerprint density at radius 1 is 1.14 bits per heavy atom. The Balaban J connectivity index is 2.24. The molecule has 3 N–H and O–H groups in total. The molecule has 1 aromatic rings. The second-order valence-corrected chi connectivity index (χ2v) is 4.59. The van der Waals surface area contributed by atoms with Crippen LogP contribution in [0.2, 0.25) is 0 Å². The van der Waals surface area contributed by atoms with Crippen molar-refractivity contribution in [3.63, 3.8) is 0 Å². The van der Waals surface area contributed by atoms with E-state index < -0.39 is 5.97 Å². The zero-order chi connectivity index (χ0) is 15.5. The minimum atomic E-state index is -0.951. The summed E-state index contributed by atoms with van der Waals surface area (Å²) >= 11 is 0. The number of unbranched alkanes of at least 4 members (excludes halogenated alkanes) is 1. The quantitative estimate of drug-likeness (QED) is 0.604. The summed E-state index contributed by atoms with van der Waals surface area (Å²) in [5.74, 6) is -0.951. The van der Waals surface area contributed by atoms with Crippen LogP contribution < -0.4 is 10.6 Å². The minimum absolute atomic E-state index is 0.236. The van der Waals surface area contributed by atoms with E-state index in [2.05, 4.69) is 10.6 Å². The first-order valence-corrected chi connectivity index (χ1v) is 6.97. The normalized spacial score (nSPS) is 10.1. The Kier molecular flexibility index (Phi) is 7.89. The number of carboxylic acid groups (broad SMARTS) is 1. The second-order valence-electron chi connectivity index (χ2n) is 4.59. The van der Waals surface area contributed by atoms with Gasteiger partial charge in [0.25, 0.3) is 0 Å². The third-order valence-electron chi connectivity index (χ3n) is 2.99. The fraction of sp³-hybridized carbons (Fsp3) is 0.467. The molecule has 0 unspecified atom stereocenters. The first-order valence-electron chi connectivity index (χ1n) is 6.97. The van der Waals surface area contributed by atoms with Crippen molar-refractivity contribution in [2.45, 2.75) is 19.3 Å². The highest BCUT2D eigenvalue weighted by Crippen LogP contribution is 2.08. The number of carbonyl (C=O) groups excluding carboxylic acids is 1. The lowest BCUT2D eigenvalue weighted by atomic mass is 10.0. The van der Waals surface area contributed by atoms with Crippen LogP contribution in [0.1, 0.15) is 28.8 Å². The maximum absolute atomic E-state index is 11.5. The third kappa shape index (κ3) is 6.76. The van der Waals surface area contributed by atoms with Crippen molar-refractivity contribution in [3.05, 3.63) is 35.4 Å². The summed E-state index contributed by atoms with van der Waals surface area (Å²) in [4.78, 5) is 22.6. The number of nitrogens with one attached hydrogen (secondary N) is 2. The molecule has 0 aliphatic heterocycles. The predicted octanol–water partition coefficient (Wildman–Crippen LogP) is 1.65. The van der Waals surface area contributed by atoms with E-state index in [4.69, 9.17) is 9.84 Å².